The molecule has 24 heteroatoms. The van der Waals surface area contributed by atoms with E-state index in [-0.39, 0.29) is 72.6 Å². The molecule has 4 aromatic rings. The number of para-hydroxylation sites is 1. The molecule has 4 N–H and O–H groups in total. The van der Waals surface area contributed by atoms with Crippen molar-refractivity contribution in [2.24, 2.45) is 16.1 Å². The van der Waals surface area contributed by atoms with E-state index >= 15 is 0 Å². The monoisotopic (exact) mass is 1110 g/mol. The van der Waals surface area contributed by atoms with Gasteiger partial charge in [-0.2, -0.15) is 4.37 Å². The van der Waals surface area contributed by atoms with Crippen molar-refractivity contribution >= 4 is 94.5 Å². The van der Waals surface area contributed by atoms with E-state index in [0.29, 0.717) is 35.2 Å². The number of carboxylic acids is 1. The summed E-state index contributed by atoms with van der Waals surface area (Å²) in [6.07, 6.45) is 8.38. The molecule has 2 aromatic carbocycles. The second-order valence-corrected chi connectivity index (χ2v) is 23.3. The number of aromatic nitrogens is 2. The molecule has 3 aliphatic heterocycles. The van der Waals surface area contributed by atoms with E-state index in [2.05, 4.69) is 42.1 Å². The van der Waals surface area contributed by atoms with Crippen molar-refractivity contribution in [2.45, 2.75) is 103 Å². The normalized spacial score (nSPS) is 18.0. The van der Waals surface area contributed by atoms with Crippen molar-refractivity contribution in [1.29, 1.82) is 0 Å². The van der Waals surface area contributed by atoms with Crippen molar-refractivity contribution < 1.29 is 56.8 Å². The number of halogens is 4. The largest absolute Gasteiger partial charge is 0.481 e. The second kappa shape index (κ2) is 26.6. The smallest absolute Gasteiger partial charge is 0.320 e. The fourth-order valence-electron chi connectivity index (χ4n) is 8.00. The lowest BCUT2D eigenvalue weighted by atomic mass is 9.92. The number of fused-ring (bicyclic) bond motifs is 2. The number of furan rings is 1. The SMILES string of the molecule is C#CCN1C(=O)COc2cc(F)c(/N=c3\snc4n3CC(C)(C)C4)cc21.CC1(C)OC(c2ccco2)CN1C(=O)C(Cl)Cl.CCc1cccc(C)c1N(C(=O)CCl)C(C)COC.CP(=O)(O)CCC(N)C(=O)O. The lowest BCUT2D eigenvalue weighted by Gasteiger charge is -2.31. The van der Waals surface area contributed by atoms with Gasteiger partial charge in [0.25, 0.3) is 11.8 Å². The molecule has 0 spiro atoms. The van der Waals surface area contributed by atoms with Gasteiger partial charge in [0.05, 0.1) is 43.4 Å². The van der Waals surface area contributed by atoms with Crippen molar-refractivity contribution in [3.63, 3.8) is 0 Å². The Kier molecular flexibility index (Phi) is 22.1. The number of hydrogen-bond donors (Lipinski definition) is 3. The minimum absolute atomic E-state index is 0.0223. The van der Waals surface area contributed by atoms with E-state index in [9.17, 15) is 28.1 Å². The zero-order chi connectivity index (χ0) is 54.6. The van der Waals surface area contributed by atoms with Crippen LogP contribution in [0.1, 0.15) is 76.8 Å². The highest BCUT2D eigenvalue weighted by atomic mass is 35.5. The van der Waals surface area contributed by atoms with E-state index in [4.69, 9.17) is 75.6 Å². The molecule has 4 atom stereocenters. The highest BCUT2D eigenvalue weighted by Crippen LogP contribution is 2.39. The van der Waals surface area contributed by atoms with Crippen LogP contribution >= 0.6 is 53.7 Å². The van der Waals surface area contributed by atoms with Crippen LogP contribution in [0.15, 0.2) is 58.1 Å². The van der Waals surface area contributed by atoms with Gasteiger partial charge < -0.3 is 48.7 Å². The summed E-state index contributed by atoms with van der Waals surface area (Å²) in [5.41, 5.74) is 8.24. The molecule has 7 rings (SSSR count). The summed E-state index contributed by atoms with van der Waals surface area (Å²) < 4.78 is 53.2. The number of aliphatic carboxylic acids is 1. The second-order valence-electron chi connectivity index (χ2n) is 18.6. The van der Waals surface area contributed by atoms with Crippen LogP contribution in [0, 0.1) is 30.5 Å². The van der Waals surface area contributed by atoms with Gasteiger partial charge >= 0.3 is 5.97 Å². The van der Waals surface area contributed by atoms with Gasteiger partial charge in [-0.15, -0.1) is 18.0 Å². The van der Waals surface area contributed by atoms with Crippen LogP contribution in [0.3, 0.4) is 0 Å². The summed E-state index contributed by atoms with van der Waals surface area (Å²) in [5.74, 6) is 2.01. The molecule has 0 radical (unpaired) electrons. The number of carbonyl (C=O) groups is 4. The third-order valence-electron chi connectivity index (χ3n) is 11.5. The van der Waals surface area contributed by atoms with Crippen molar-refractivity contribution in [3.8, 4) is 18.1 Å². The number of hydrogen-bond acceptors (Lipinski definition) is 13. The molecular weight excluding hydrogens is 1050 g/mol. The minimum Gasteiger partial charge on any atom is -0.481 e. The quantitative estimate of drug-likeness (QED) is 0.0622. The van der Waals surface area contributed by atoms with Crippen LogP contribution in [0.2, 0.25) is 0 Å². The van der Waals surface area contributed by atoms with Gasteiger partial charge in [0.15, 0.2) is 24.6 Å². The molecule has 73 heavy (non-hydrogen) atoms. The van der Waals surface area contributed by atoms with Crippen molar-refractivity contribution in [2.75, 3.05) is 61.9 Å². The zero-order valence-electron chi connectivity index (χ0n) is 42.3. The minimum atomic E-state index is -3.10. The van der Waals surface area contributed by atoms with Gasteiger partial charge in [-0.1, -0.05) is 68.1 Å². The maximum atomic E-state index is 14.5. The molecule has 400 valence electrons. The number of nitrogens with zero attached hydrogens (tertiary/aromatic N) is 6. The number of methoxy groups -OCH3 is 1. The first kappa shape index (κ1) is 60.7. The fourth-order valence-corrected chi connectivity index (χ4v) is 9.88. The number of carbonyl (C=O) groups excluding carboxylic acids is 3. The van der Waals surface area contributed by atoms with Gasteiger partial charge in [-0.25, -0.2) is 9.38 Å². The summed E-state index contributed by atoms with van der Waals surface area (Å²) in [6.45, 7) is 16.8. The topological polar surface area (TPSA) is 233 Å². The predicted octanol–water partition coefficient (Wildman–Crippen LogP) is 7.83. The van der Waals surface area contributed by atoms with Crippen molar-refractivity contribution in [1.82, 2.24) is 13.8 Å². The average molecular weight is 1120 g/mol. The number of aryl methyl sites for hydroxylation is 2. The van der Waals surface area contributed by atoms with E-state index in [1.807, 2.05) is 36.6 Å². The van der Waals surface area contributed by atoms with Gasteiger partial charge in [-0.3, -0.25) is 28.6 Å². The molecule has 1 saturated heterocycles. The van der Waals surface area contributed by atoms with E-state index in [1.165, 1.54) is 40.1 Å². The molecule has 4 unspecified atom stereocenters. The Hall–Kier alpha value is -4.81. The van der Waals surface area contributed by atoms with E-state index in [0.717, 1.165) is 42.0 Å². The number of benzene rings is 2. The Morgan fingerprint density at radius 3 is 2.47 bits per heavy atom. The van der Waals surface area contributed by atoms with Gasteiger partial charge in [0.1, 0.15) is 46.8 Å². The number of nitrogens with two attached hydrogens (primary N) is 1. The maximum absolute atomic E-state index is 14.5. The summed E-state index contributed by atoms with van der Waals surface area (Å²) in [6, 6.07) is 11.4. The number of alkyl halides is 3. The number of ether oxygens (including phenoxy) is 3. The number of amides is 3. The third kappa shape index (κ3) is 16.6. The van der Waals surface area contributed by atoms with Gasteiger partial charge in [0, 0.05) is 50.5 Å². The Morgan fingerprint density at radius 1 is 1.19 bits per heavy atom. The Bertz CT molecular complexity index is 2720. The molecule has 0 bridgehead atoms. The van der Waals surface area contributed by atoms with Crippen LogP contribution in [-0.4, -0.2) is 122 Å². The highest BCUT2D eigenvalue weighted by Gasteiger charge is 2.45. The molecule has 5 heterocycles. The first-order valence-corrected chi connectivity index (χ1v) is 27.5. The fraction of sp³-hybridized carbons (Fsp3) is 0.510. The molecule has 0 saturated carbocycles. The first-order valence-electron chi connectivity index (χ1n) is 23.0. The zero-order valence-corrected chi connectivity index (χ0v) is 46.3. The summed E-state index contributed by atoms with van der Waals surface area (Å²) in [4.78, 5) is 63.7. The lowest BCUT2D eigenvalue weighted by molar-refractivity contribution is -0.144. The van der Waals surface area contributed by atoms with Crippen LogP contribution in [-0.2, 0) is 52.6 Å². The lowest BCUT2D eigenvalue weighted by Crippen LogP contribution is -2.45. The molecule has 18 nitrogen and oxygen atoms in total. The average Bonchev–Trinajstić information content (AvgIpc) is 4.12. The third-order valence-corrected chi connectivity index (χ3v) is 14.0. The molecule has 3 aliphatic rings. The Morgan fingerprint density at radius 2 is 1.89 bits per heavy atom. The van der Waals surface area contributed by atoms with Gasteiger partial charge in [-0.05, 0) is 75.3 Å². The number of carboxylic acid groups (broad SMARTS) is 1. The summed E-state index contributed by atoms with van der Waals surface area (Å²) in [7, 11) is -1.47. The molecule has 3 amide bonds. The number of terminal acetylenes is 1. The molecular formula is C49H64Cl3FN7O11PS. The Labute approximate surface area is 444 Å². The molecule has 2 aromatic heterocycles. The number of rotatable bonds is 14. The summed E-state index contributed by atoms with van der Waals surface area (Å²) >= 11 is 18.2. The Balaban J connectivity index is 0.000000221. The van der Waals surface area contributed by atoms with Gasteiger partial charge in [0.2, 0.25) is 10.7 Å². The summed E-state index contributed by atoms with van der Waals surface area (Å²) in [5, 5.41) is 8.28. The van der Waals surface area contributed by atoms with E-state index < -0.39 is 35.8 Å². The maximum Gasteiger partial charge on any atom is 0.320 e. The van der Waals surface area contributed by atoms with E-state index in [1.54, 1.807) is 38.2 Å². The highest BCUT2D eigenvalue weighted by molar-refractivity contribution is 7.57. The number of anilines is 2. The molecule has 1 fully saturated rings. The molecule has 0 aliphatic carbocycles. The van der Waals surface area contributed by atoms with Crippen LogP contribution in [0.25, 0.3) is 0 Å². The van der Waals surface area contributed by atoms with Crippen LogP contribution in [0.4, 0.5) is 21.5 Å². The standard InChI is InChI=1S/C18H17FN4O2S.C15H22ClNO2.C11H13Cl2NO3.C5H12NO4P/c1-4-5-22-13-7-12(11(19)6-14(13)25-9-16(22)24)20-17-23-10-18(2,3)8-15(23)21-26-17;1-5-13-8-6-7-11(2)15(13)17(14(18)9-16)12(3)10-19-4;1-11(2)14(10(15)9(12)13)6-8(17-11)7-4-3-5-16-7;1-11(9,10)3-2-4(6)5(7)8/h1,6-7H,5,8-10H2,2-3H3;6-8,12H,5,9-10H2,1-4H3;3-5,8-9H,6H2,1-2H3;4H,2-3,6H2,1H3,(H,7,8)(H,9,10)/b20-17-;;;. The van der Waals surface area contributed by atoms with Crippen molar-refractivity contribution in [3.05, 3.63) is 82.1 Å². The predicted molar refractivity (Wildman–Crippen MR) is 281 cm³/mol. The first-order chi connectivity index (χ1) is 34.2. The van der Waals surface area contributed by atoms with Crippen LogP contribution in [0.5, 0.6) is 5.75 Å². The van der Waals surface area contributed by atoms with Crippen LogP contribution < -0.4 is 25.1 Å².